The van der Waals surface area contributed by atoms with Gasteiger partial charge in [-0.3, -0.25) is 4.98 Å². The highest BCUT2D eigenvalue weighted by Crippen LogP contribution is 2.32. The second-order valence-corrected chi connectivity index (χ2v) is 5.06. The predicted molar refractivity (Wildman–Crippen MR) is 83.6 cm³/mol. The minimum atomic E-state index is 0.710. The van der Waals surface area contributed by atoms with Crippen LogP contribution < -0.4 is 11.1 Å². The number of nitrogens with two attached hydrogens (primary N) is 1. The van der Waals surface area contributed by atoms with Crippen molar-refractivity contribution in [3.8, 4) is 0 Å². The lowest BCUT2D eigenvalue weighted by Gasteiger charge is -2.12. The van der Waals surface area contributed by atoms with E-state index in [2.05, 4.69) is 26.2 Å². The summed E-state index contributed by atoms with van der Waals surface area (Å²) in [6.45, 7) is 0. The lowest BCUT2D eigenvalue weighted by Crippen LogP contribution is -1.98. The van der Waals surface area contributed by atoms with Crippen LogP contribution in [0.15, 0.2) is 59.2 Å². The van der Waals surface area contributed by atoms with E-state index in [1.165, 1.54) is 0 Å². The van der Waals surface area contributed by atoms with E-state index in [0.717, 1.165) is 26.8 Å². The molecule has 94 valence electrons. The van der Waals surface area contributed by atoms with Crippen LogP contribution in [-0.2, 0) is 0 Å². The molecule has 0 unspecified atom stereocenters. The molecule has 2 aromatic carbocycles. The van der Waals surface area contributed by atoms with Crippen LogP contribution in [0.3, 0.4) is 0 Å². The molecule has 0 spiro atoms. The van der Waals surface area contributed by atoms with Gasteiger partial charge in [0.05, 0.1) is 22.6 Å². The summed E-state index contributed by atoms with van der Waals surface area (Å²) in [6.07, 6.45) is 1.77. The van der Waals surface area contributed by atoms with Gasteiger partial charge in [-0.05, 0) is 52.3 Å². The first-order valence-corrected chi connectivity index (χ1v) is 6.70. The molecule has 0 saturated heterocycles. The molecule has 3 aromatic rings. The predicted octanol–water partition coefficient (Wildman–Crippen LogP) is 4.32. The molecule has 1 heterocycles. The van der Waals surface area contributed by atoms with Crippen molar-refractivity contribution < 1.29 is 0 Å². The first-order valence-electron chi connectivity index (χ1n) is 5.90. The van der Waals surface area contributed by atoms with E-state index in [4.69, 9.17) is 5.73 Å². The van der Waals surface area contributed by atoms with Gasteiger partial charge >= 0.3 is 0 Å². The lowest BCUT2D eigenvalue weighted by molar-refractivity contribution is 1.41. The Morgan fingerprint density at radius 2 is 1.79 bits per heavy atom. The third-order valence-corrected chi connectivity index (χ3v) is 3.66. The van der Waals surface area contributed by atoms with Crippen LogP contribution in [0.1, 0.15) is 0 Å². The number of nitrogens with zero attached hydrogens (tertiary/aromatic N) is 1. The molecule has 4 heteroatoms. The smallest absolute Gasteiger partial charge is 0.0724 e. The number of nitrogen functional groups attached to an aromatic ring is 1. The SMILES string of the molecule is Nc1c(Nc2ccccc2Br)ccc2ncccc12. The number of rotatable bonds is 2. The van der Waals surface area contributed by atoms with Gasteiger partial charge < -0.3 is 11.1 Å². The summed E-state index contributed by atoms with van der Waals surface area (Å²) >= 11 is 3.51. The van der Waals surface area contributed by atoms with Gasteiger partial charge in [-0.2, -0.15) is 0 Å². The van der Waals surface area contributed by atoms with Crippen molar-refractivity contribution in [3.63, 3.8) is 0 Å². The molecule has 0 aliphatic carbocycles. The molecule has 0 aliphatic heterocycles. The first kappa shape index (κ1) is 12.0. The summed E-state index contributed by atoms with van der Waals surface area (Å²) in [6, 6.07) is 15.7. The summed E-state index contributed by atoms with van der Waals surface area (Å²) in [4.78, 5) is 4.29. The Morgan fingerprint density at radius 3 is 2.63 bits per heavy atom. The number of hydrogen-bond donors (Lipinski definition) is 2. The number of fused-ring (bicyclic) bond motifs is 1. The van der Waals surface area contributed by atoms with Crippen molar-refractivity contribution in [2.75, 3.05) is 11.1 Å². The number of nitrogens with one attached hydrogen (secondary N) is 1. The molecule has 3 nitrogen and oxygen atoms in total. The number of aromatic nitrogens is 1. The Balaban J connectivity index is 2.07. The third kappa shape index (κ3) is 2.27. The summed E-state index contributed by atoms with van der Waals surface area (Å²) in [5.41, 5.74) is 9.67. The molecule has 0 bridgehead atoms. The third-order valence-electron chi connectivity index (χ3n) is 2.97. The molecule has 3 N–H and O–H groups in total. The standard InChI is InChI=1S/C15H12BrN3/c16-11-5-1-2-6-13(11)19-14-8-7-12-10(15(14)17)4-3-9-18-12/h1-9,19H,17H2. The van der Waals surface area contributed by atoms with Crippen LogP contribution in [0.25, 0.3) is 10.9 Å². The second-order valence-electron chi connectivity index (χ2n) is 4.20. The molecule has 0 amide bonds. The zero-order chi connectivity index (χ0) is 13.2. The summed E-state index contributed by atoms with van der Waals surface area (Å²) in [7, 11) is 0. The molecular weight excluding hydrogens is 302 g/mol. The maximum absolute atomic E-state index is 6.20. The Bertz CT molecular complexity index is 740. The Hall–Kier alpha value is -2.07. The van der Waals surface area contributed by atoms with Gasteiger partial charge in [0.25, 0.3) is 0 Å². The van der Waals surface area contributed by atoms with Gasteiger partial charge in [-0.15, -0.1) is 0 Å². The van der Waals surface area contributed by atoms with Crippen LogP contribution in [-0.4, -0.2) is 4.98 Å². The van der Waals surface area contributed by atoms with Gasteiger partial charge in [0.15, 0.2) is 0 Å². The Labute approximate surface area is 119 Å². The molecule has 0 radical (unpaired) electrons. The highest BCUT2D eigenvalue weighted by Gasteiger charge is 2.06. The van der Waals surface area contributed by atoms with E-state index in [1.807, 2.05) is 48.5 Å². The monoisotopic (exact) mass is 313 g/mol. The second kappa shape index (κ2) is 4.90. The maximum atomic E-state index is 6.20. The van der Waals surface area contributed by atoms with Crippen molar-refractivity contribution in [2.45, 2.75) is 0 Å². The van der Waals surface area contributed by atoms with Gasteiger partial charge in [-0.1, -0.05) is 12.1 Å². The van der Waals surface area contributed by atoms with Crippen LogP contribution >= 0.6 is 15.9 Å². The molecule has 0 fully saturated rings. The van der Waals surface area contributed by atoms with Crippen molar-refractivity contribution in [2.24, 2.45) is 0 Å². The number of pyridine rings is 1. The van der Waals surface area contributed by atoms with Gasteiger partial charge in [0, 0.05) is 16.1 Å². The average molecular weight is 314 g/mol. The molecular formula is C15H12BrN3. The molecule has 0 saturated carbocycles. The molecule has 1 aromatic heterocycles. The number of hydrogen-bond acceptors (Lipinski definition) is 3. The average Bonchev–Trinajstić information content (AvgIpc) is 2.44. The number of anilines is 3. The summed E-state index contributed by atoms with van der Waals surface area (Å²) in [5.74, 6) is 0. The normalized spacial score (nSPS) is 10.6. The van der Waals surface area contributed by atoms with Crippen LogP contribution in [0, 0.1) is 0 Å². The Morgan fingerprint density at radius 1 is 0.947 bits per heavy atom. The van der Waals surface area contributed by atoms with Crippen molar-refractivity contribution in [1.82, 2.24) is 4.98 Å². The Kier molecular flexibility index (Phi) is 3.09. The van der Waals surface area contributed by atoms with Crippen LogP contribution in [0.5, 0.6) is 0 Å². The van der Waals surface area contributed by atoms with E-state index < -0.39 is 0 Å². The quantitative estimate of drug-likeness (QED) is 0.693. The van der Waals surface area contributed by atoms with Crippen LogP contribution in [0.2, 0.25) is 0 Å². The fourth-order valence-electron chi connectivity index (χ4n) is 1.99. The lowest BCUT2D eigenvalue weighted by atomic mass is 10.1. The minimum Gasteiger partial charge on any atom is -0.396 e. The zero-order valence-electron chi connectivity index (χ0n) is 10.1. The number of halogens is 1. The molecule has 19 heavy (non-hydrogen) atoms. The van der Waals surface area contributed by atoms with Gasteiger partial charge in [0.1, 0.15) is 0 Å². The zero-order valence-corrected chi connectivity index (χ0v) is 11.7. The number of benzene rings is 2. The maximum Gasteiger partial charge on any atom is 0.0724 e. The molecule has 0 atom stereocenters. The summed E-state index contributed by atoms with van der Waals surface area (Å²) in [5, 5.41) is 4.29. The largest absolute Gasteiger partial charge is 0.396 e. The van der Waals surface area contributed by atoms with Crippen molar-refractivity contribution in [3.05, 3.63) is 59.2 Å². The summed E-state index contributed by atoms with van der Waals surface area (Å²) < 4.78 is 1.00. The first-order chi connectivity index (χ1) is 9.25. The van der Waals surface area contributed by atoms with Gasteiger partial charge in [-0.25, -0.2) is 0 Å². The van der Waals surface area contributed by atoms with Crippen molar-refractivity contribution in [1.29, 1.82) is 0 Å². The van der Waals surface area contributed by atoms with Crippen LogP contribution in [0.4, 0.5) is 17.1 Å². The van der Waals surface area contributed by atoms with E-state index in [9.17, 15) is 0 Å². The van der Waals surface area contributed by atoms with E-state index in [-0.39, 0.29) is 0 Å². The number of para-hydroxylation sites is 1. The molecule has 3 rings (SSSR count). The van der Waals surface area contributed by atoms with Crippen molar-refractivity contribution >= 4 is 43.9 Å². The van der Waals surface area contributed by atoms with E-state index in [0.29, 0.717) is 5.69 Å². The van der Waals surface area contributed by atoms with Gasteiger partial charge in [0.2, 0.25) is 0 Å². The van der Waals surface area contributed by atoms with E-state index in [1.54, 1.807) is 6.20 Å². The highest BCUT2D eigenvalue weighted by atomic mass is 79.9. The molecule has 0 aliphatic rings. The fourth-order valence-corrected chi connectivity index (χ4v) is 2.38. The minimum absolute atomic E-state index is 0.710. The van der Waals surface area contributed by atoms with E-state index >= 15 is 0 Å². The topological polar surface area (TPSA) is 50.9 Å². The highest BCUT2D eigenvalue weighted by molar-refractivity contribution is 9.10. The fraction of sp³-hybridized carbons (Fsp3) is 0.